The molecule has 0 aromatic rings. The lowest BCUT2D eigenvalue weighted by molar-refractivity contribution is -0.150. The third-order valence-corrected chi connectivity index (χ3v) is 6.94. The lowest BCUT2D eigenvalue weighted by Crippen LogP contribution is -2.28. The summed E-state index contributed by atoms with van der Waals surface area (Å²) in [6.45, 7) is 4.08. The molecule has 0 aromatic carbocycles. The standard InChI is InChI=1S/C32H59NO5/c1-3-5-7-8-9-10-11-12-13-14-15-16-17-18-19-23-27-32(37)38-29(24-6-4-2)25-21-20-22-26-30(34)33-28-31(35)36/h13-14,29H,3-12,15-28H2,1-2H3,(H,33,34)(H,35,36)/b14-13-. The van der Waals surface area contributed by atoms with Crippen molar-refractivity contribution in [2.24, 2.45) is 0 Å². The van der Waals surface area contributed by atoms with Crippen molar-refractivity contribution in [3.05, 3.63) is 12.2 Å². The number of hydrogen-bond donors (Lipinski definition) is 2. The molecule has 0 aliphatic carbocycles. The number of unbranched alkanes of at least 4 members (excludes halogenated alkanes) is 15. The summed E-state index contributed by atoms with van der Waals surface area (Å²) in [4.78, 5) is 34.4. The van der Waals surface area contributed by atoms with Crippen LogP contribution in [-0.2, 0) is 19.1 Å². The van der Waals surface area contributed by atoms with Gasteiger partial charge >= 0.3 is 11.9 Å². The third-order valence-electron chi connectivity index (χ3n) is 6.94. The minimum Gasteiger partial charge on any atom is -0.480 e. The molecule has 0 heterocycles. The second kappa shape index (κ2) is 28.2. The molecule has 0 fully saturated rings. The lowest BCUT2D eigenvalue weighted by atomic mass is 10.0. The fourth-order valence-corrected chi connectivity index (χ4v) is 4.55. The van der Waals surface area contributed by atoms with Gasteiger partial charge in [0.25, 0.3) is 0 Å². The SMILES string of the molecule is CCCCCCCCC/C=C\CCCCCCCC(=O)OC(CCCC)CCCCCC(=O)NCC(=O)O. The Kier molecular flexibility index (Phi) is 26.8. The highest BCUT2D eigenvalue weighted by atomic mass is 16.5. The number of ether oxygens (including phenoxy) is 1. The van der Waals surface area contributed by atoms with Gasteiger partial charge in [0.05, 0.1) is 0 Å². The van der Waals surface area contributed by atoms with Crippen LogP contribution in [0.2, 0.25) is 0 Å². The molecule has 2 N–H and O–H groups in total. The number of allylic oxidation sites excluding steroid dienone is 2. The molecule has 0 saturated heterocycles. The summed E-state index contributed by atoms with van der Waals surface area (Å²) in [7, 11) is 0. The Hall–Kier alpha value is -1.85. The predicted octanol–water partition coefficient (Wildman–Crippen LogP) is 8.67. The molecule has 1 atom stereocenters. The van der Waals surface area contributed by atoms with E-state index in [0.717, 1.165) is 57.8 Å². The highest BCUT2D eigenvalue weighted by molar-refractivity contribution is 5.80. The van der Waals surface area contributed by atoms with E-state index in [0.29, 0.717) is 12.8 Å². The topological polar surface area (TPSA) is 92.7 Å². The fourth-order valence-electron chi connectivity index (χ4n) is 4.55. The number of rotatable bonds is 28. The van der Waals surface area contributed by atoms with Gasteiger partial charge in [-0.2, -0.15) is 0 Å². The normalized spacial score (nSPS) is 12.1. The summed E-state index contributed by atoms with van der Waals surface area (Å²) in [5, 5.41) is 11.0. The molecule has 0 rings (SSSR count). The molecule has 0 bridgehead atoms. The maximum Gasteiger partial charge on any atom is 0.322 e. The first kappa shape index (κ1) is 36.1. The van der Waals surface area contributed by atoms with Crippen LogP contribution in [-0.4, -0.2) is 35.6 Å². The van der Waals surface area contributed by atoms with Crippen molar-refractivity contribution in [3.8, 4) is 0 Å². The number of carbonyl (C=O) groups is 3. The maximum atomic E-state index is 12.3. The van der Waals surface area contributed by atoms with Gasteiger partial charge in [-0.25, -0.2) is 0 Å². The molecule has 38 heavy (non-hydrogen) atoms. The lowest BCUT2D eigenvalue weighted by Gasteiger charge is -2.18. The van der Waals surface area contributed by atoms with Crippen molar-refractivity contribution in [1.29, 1.82) is 0 Å². The number of carbonyl (C=O) groups excluding carboxylic acids is 2. The highest BCUT2D eigenvalue weighted by Gasteiger charge is 2.14. The number of esters is 1. The first-order valence-electron chi connectivity index (χ1n) is 15.8. The van der Waals surface area contributed by atoms with Gasteiger partial charge in [-0.1, -0.05) is 103 Å². The second-order valence-electron chi connectivity index (χ2n) is 10.7. The van der Waals surface area contributed by atoms with E-state index in [1.807, 2.05) is 0 Å². The Labute approximate surface area is 233 Å². The van der Waals surface area contributed by atoms with E-state index in [2.05, 4.69) is 31.3 Å². The number of aliphatic carboxylic acids is 1. The Morgan fingerprint density at radius 2 is 1.16 bits per heavy atom. The van der Waals surface area contributed by atoms with E-state index in [1.165, 1.54) is 77.0 Å². The van der Waals surface area contributed by atoms with Crippen molar-refractivity contribution >= 4 is 17.8 Å². The number of carboxylic acids is 1. The summed E-state index contributed by atoms with van der Waals surface area (Å²) in [6.07, 6.45) is 29.5. The van der Waals surface area contributed by atoms with E-state index in [4.69, 9.17) is 9.84 Å². The first-order chi connectivity index (χ1) is 18.5. The van der Waals surface area contributed by atoms with Crippen LogP contribution in [0.25, 0.3) is 0 Å². The fraction of sp³-hybridized carbons (Fsp3) is 0.844. The van der Waals surface area contributed by atoms with Crippen molar-refractivity contribution in [2.45, 2.75) is 168 Å². The van der Waals surface area contributed by atoms with Crippen molar-refractivity contribution in [2.75, 3.05) is 6.54 Å². The Balaban J connectivity index is 3.74. The first-order valence-corrected chi connectivity index (χ1v) is 15.8. The molecular formula is C32H59NO5. The molecule has 222 valence electrons. The van der Waals surface area contributed by atoms with Crippen molar-refractivity contribution in [1.82, 2.24) is 5.32 Å². The van der Waals surface area contributed by atoms with Crippen LogP contribution in [0.1, 0.15) is 162 Å². The number of nitrogens with one attached hydrogen (secondary N) is 1. The summed E-state index contributed by atoms with van der Waals surface area (Å²) >= 11 is 0. The van der Waals surface area contributed by atoms with Crippen LogP contribution >= 0.6 is 0 Å². The largest absolute Gasteiger partial charge is 0.480 e. The van der Waals surface area contributed by atoms with E-state index < -0.39 is 5.97 Å². The van der Waals surface area contributed by atoms with E-state index >= 15 is 0 Å². The van der Waals surface area contributed by atoms with Crippen molar-refractivity contribution in [3.63, 3.8) is 0 Å². The van der Waals surface area contributed by atoms with Crippen LogP contribution in [0.4, 0.5) is 0 Å². The number of amides is 1. The number of hydrogen-bond acceptors (Lipinski definition) is 4. The predicted molar refractivity (Wildman–Crippen MR) is 157 cm³/mol. The van der Waals surface area contributed by atoms with Crippen LogP contribution in [0, 0.1) is 0 Å². The zero-order valence-electron chi connectivity index (χ0n) is 24.8. The third kappa shape index (κ3) is 27.2. The molecule has 1 amide bonds. The van der Waals surface area contributed by atoms with Crippen LogP contribution < -0.4 is 5.32 Å². The van der Waals surface area contributed by atoms with E-state index in [-0.39, 0.29) is 24.5 Å². The molecule has 0 radical (unpaired) electrons. The van der Waals surface area contributed by atoms with Gasteiger partial charge in [-0.05, 0) is 57.8 Å². The quantitative estimate of drug-likeness (QED) is 0.0591. The van der Waals surface area contributed by atoms with Gasteiger partial charge in [0, 0.05) is 12.8 Å². The summed E-state index contributed by atoms with van der Waals surface area (Å²) < 4.78 is 5.78. The Morgan fingerprint density at radius 1 is 0.658 bits per heavy atom. The van der Waals surface area contributed by atoms with Gasteiger partial charge in [0.1, 0.15) is 12.6 Å². The summed E-state index contributed by atoms with van der Waals surface area (Å²) in [6, 6.07) is 0. The molecule has 0 aliphatic heterocycles. The van der Waals surface area contributed by atoms with Crippen LogP contribution in [0.15, 0.2) is 12.2 Å². The molecule has 0 spiro atoms. The molecule has 0 aromatic heterocycles. The molecule has 1 unspecified atom stereocenters. The maximum absolute atomic E-state index is 12.3. The minimum atomic E-state index is -1.03. The average molecular weight is 538 g/mol. The molecule has 6 heteroatoms. The molecule has 0 saturated carbocycles. The second-order valence-corrected chi connectivity index (χ2v) is 10.7. The summed E-state index contributed by atoms with van der Waals surface area (Å²) in [5.74, 6) is -1.33. The average Bonchev–Trinajstić information content (AvgIpc) is 2.89. The Bertz CT molecular complexity index is 605. The van der Waals surface area contributed by atoms with Crippen molar-refractivity contribution < 1.29 is 24.2 Å². The van der Waals surface area contributed by atoms with Crippen LogP contribution in [0.3, 0.4) is 0 Å². The molecular weight excluding hydrogens is 478 g/mol. The van der Waals surface area contributed by atoms with Gasteiger partial charge in [-0.3, -0.25) is 14.4 Å². The van der Waals surface area contributed by atoms with Gasteiger partial charge in [0.2, 0.25) is 5.91 Å². The van der Waals surface area contributed by atoms with E-state index in [1.54, 1.807) is 0 Å². The molecule has 6 nitrogen and oxygen atoms in total. The van der Waals surface area contributed by atoms with E-state index in [9.17, 15) is 14.4 Å². The van der Waals surface area contributed by atoms with Gasteiger partial charge < -0.3 is 15.2 Å². The molecule has 0 aliphatic rings. The smallest absolute Gasteiger partial charge is 0.322 e. The Morgan fingerprint density at radius 3 is 1.76 bits per heavy atom. The highest BCUT2D eigenvalue weighted by Crippen LogP contribution is 2.16. The minimum absolute atomic E-state index is 0.0314. The van der Waals surface area contributed by atoms with Gasteiger partial charge in [0.15, 0.2) is 0 Å². The van der Waals surface area contributed by atoms with Crippen LogP contribution in [0.5, 0.6) is 0 Å². The van der Waals surface area contributed by atoms with Gasteiger partial charge in [-0.15, -0.1) is 0 Å². The zero-order chi connectivity index (χ0) is 28.1. The summed E-state index contributed by atoms with van der Waals surface area (Å²) in [5.41, 5.74) is 0. The monoisotopic (exact) mass is 537 g/mol. The number of carboxylic acid groups (broad SMARTS) is 1. The zero-order valence-corrected chi connectivity index (χ0v) is 24.8.